The van der Waals surface area contributed by atoms with Crippen LogP contribution in [0.5, 0.6) is 11.5 Å². The van der Waals surface area contributed by atoms with Gasteiger partial charge < -0.3 is 14.9 Å². The molecule has 2 N–H and O–H groups in total. The molecule has 0 saturated carbocycles. The van der Waals surface area contributed by atoms with Gasteiger partial charge >= 0.3 is 5.97 Å². The molecule has 1 aliphatic rings. The molecule has 1 aromatic rings. The molecule has 0 aromatic heterocycles. The molecule has 1 fully saturated rings. The second-order valence-electron chi connectivity index (χ2n) is 6.05. The molecule has 2 unspecified atom stereocenters. The molecule has 0 bridgehead atoms. The van der Waals surface area contributed by atoms with Gasteiger partial charge in [0.05, 0.1) is 7.11 Å². The first kappa shape index (κ1) is 17.6. The third-order valence-electron chi connectivity index (χ3n) is 4.43. The molecule has 2 atom stereocenters. The average molecular weight is 322 g/mol. The topological polar surface area (TPSA) is 73.2 Å². The van der Waals surface area contributed by atoms with E-state index in [1.165, 1.54) is 13.2 Å². The van der Waals surface area contributed by atoms with Crippen molar-refractivity contribution in [3.05, 3.63) is 23.8 Å². The van der Waals surface area contributed by atoms with Gasteiger partial charge in [-0.2, -0.15) is 0 Å². The van der Waals surface area contributed by atoms with Gasteiger partial charge in [-0.05, 0) is 37.6 Å². The number of aliphatic carboxylic acids is 1. The number of benzene rings is 1. The Kier molecular flexibility index (Phi) is 5.85. The van der Waals surface area contributed by atoms with Crippen LogP contribution >= 0.6 is 0 Å². The number of carbonyl (C=O) groups is 1. The number of rotatable bonds is 6. The van der Waals surface area contributed by atoms with Crippen molar-refractivity contribution in [2.75, 3.05) is 33.3 Å². The summed E-state index contributed by atoms with van der Waals surface area (Å²) in [6.45, 7) is 7.62. The Bertz CT molecular complexity index is 549. The minimum Gasteiger partial charge on any atom is -0.504 e. The van der Waals surface area contributed by atoms with Crippen LogP contribution in [-0.2, 0) is 4.79 Å². The zero-order chi connectivity index (χ0) is 17.0. The number of phenols is 1. The van der Waals surface area contributed by atoms with E-state index in [0.717, 1.165) is 19.5 Å². The number of aromatic hydroxyl groups is 1. The Balaban J connectivity index is 2.21. The average Bonchev–Trinajstić information content (AvgIpc) is 2.51. The number of methoxy groups -OCH3 is 1. The zero-order valence-corrected chi connectivity index (χ0v) is 14.0. The van der Waals surface area contributed by atoms with Crippen molar-refractivity contribution >= 4 is 5.97 Å². The van der Waals surface area contributed by atoms with Gasteiger partial charge in [0.2, 0.25) is 0 Å². The lowest BCUT2D eigenvalue weighted by atomic mass is 10.0. The van der Waals surface area contributed by atoms with Gasteiger partial charge in [0.25, 0.3) is 0 Å². The van der Waals surface area contributed by atoms with Gasteiger partial charge in [0.15, 0.2) is 11.5 Å². The highest BCUT2D eigenvalue weighted by atomic mass is 16.5. The third-order valence-corrected chi connectivity index (χ3v) is 4.43. The first-order valence-electron chi connectivity index (χ1n) is 8.05. The molecule has 0 aliphatic carbocycles. The number of hydrogen-bond acceptors (Lipinski definition) is 5. The molecule has 1 saturated heterocycles. The lowest BCUT2D eigenvalue weighted by Crippen LogP contribution is -2.53. The van der Waals surface area contributed by atoms with Gasteiger partial charge in [-0.1, -0.05) is 13.0 Å². The van der Waals surface area contributed by atoms with Crippen LogP contribution in [0.25, 0.3) is 0 Å². The van der Waals surface area contributed by atoms with E-state index in [0.29, 0.717) is 30.4 Å². The van der Waals surface area contributed by atoms with Crippen LogP contribution < -0.4 is 4.74 Å². The maximum atomic E-state index is 11.8. The van der Waals surface area contributed by atoms with Crippen LogP contribution in [0.3, 0.4) is 0 Å². The van der Waals surface area contributed by atoms with E-state index in [9.17, 15) is 15.0 Å². The second kappa shape index (κ2) is 7.66. The largest absolute Gasteiger partial charge is 0.504 e. The molecule has 1 heterocycles. The number of carboxylic acids is 1. The molecule has 6 heteroatoms. The van der Waals surface area contributed by atoms with Crippen molar-refractivity contribution < 1.29 is 19.7 Å². The molecule has 128 valence electrons. The Hall–Kier alpha value is -1.79. The SMILES string of the molecule is CCCN1CCN(C(C(=O)O)c2ccc(O)c(OC)c2)CC1C. The number of piperazine rings is 1. The summed E-state index contributed by atoms with van der Waals surface area (Å²) in [6, 6.07) is 4.35. The summed E-state index contributed by atoms with van der Waals surface area (Å²) >= 11 is 0. The number of carboxylic acid groups (broad SMARTS) is 1. The van der Waals surface area contributed by atoms with E-state index in [-0.39, 0.29) is 5.75 Å². The summed E-state index contributed by atoms with van der Waals surface area (Å²) in [6.07, 6.45) is 1.10. The van der Waals surface area contributed by atoms with Crippen molar-refractivity contribution in [1.82, 2.24) is 9.80 Å². The predicted octanol–water partition coefficient (Wildman–Crippen LogP) is 1.94. The molecular formula is C17H26N2O4. The maximum Gasteiger partial charge on any atom is 0.325 e. The van der Waals surface area contributed by atoms with E-state index in [2.05, 4.69) is 18.7 Å². The molecule has 0 radical (unpaired) electrons. The summed E-state index contributed by atoms with van der Waals surface area (Å²) < 4.78 is 5.10. The minimum absolute atomic E-state index is 0.0153. The van der Waals surface area contributed by atoms with Crippen LogP contribution in [0.15, 0.2) is 18.2 Å². The normalized spacial score (nSPS) is 21.1. The summed E-state index contributed by atoms with van der Waals surface area (Å²) in [5, 5.41) is 19.4. The van der Waals surface area contributed by atoms with Crippen molar-refractivity contribution in [3.63, 3.8) is 0 Å². The second-order valence-corrected chi connectivity index (χ2v) is 6.05. The molecule has 23 heavy (non-hydrogen) atoms. The van der Waals surface area contributed by atoms with Crippen LogP contribution in [0, 0.1) is 0 Å². The summed E-state index contributed by atoms with van der Waals surface area (Å²) in [5.41, 5.74) is 0.628. The van der Waals surface area contributed by atoms with Crippen LogP contribution in [0.4, 0.5) is 0 Å². The number of ether oxygens (including phenoxy) is 1. The highest BCUT2D eigenvalue weighted by Crippen LogP contribution is 2.32. The van der Waals surface area contributed by atoms with Crippen molar-refractivity contribution in [2.45, 2.75) is 32.4 Å². The van der Waals surface area contributed by atoms with Crippen molar-refractivity contribution in [1.29, 1.82) is 0 Å². The third kappa shape index (κ3) is 3.95. The van der Waals surface area contributed by atoms with E-state index in [1.807, 2.05) is 4.90 Å². The fourth-order valence-electron chi connectivity index (χ4n) is 3.25. The molecule has 6 nitrogen and oxygen atoms in total. The molecular weight excluding hydrogens is 296 g/mol. The van der Waals surface area contributed by atoms with Gasteiger partial charge in [0.1, 0.15) is 6.04 Å². The van der Waals surface area contributed by atoms with Gasteiger partial charge in [-0.3, -0.25) is 14.6 Å². The quantitative estimate of drug-likeness (QED) is 0.834. The maximum absolute atomic E-state index is 11.8. The summed E-state index contributed by atoms with van der Waals surface area (Å²) in [7, 11) is 1.46. The Morgan fingerprint density at radius 1 is 1.43 bits per heavy atom. The van der Waals surface area contributed by atoms with E-state index >= 15 is 0 Å². The highest BCUT2D eigenvalue weighted by Gasteiger charge is 2.33. The standard InChI is InChI=1S/C17H26N2O4/c1-4-7-18-8-9-19(11-12(18)2)16(17(21)22)13-5-6-14(20)15(10-13)23-3/h5-6,10,12,16,20H,4,7-9,11H2,1-3H3,(H,21,22). The van der Waals surface area contributed by atoms with Crippen molar-refractivity contribution in [2.24, 2.45) is 0 Å². The first-order valence-corrected chi connectivity index (χ1v) is 8.05. The van der Waals surface area contributed by atoms with Crippen LogP contribution in [0.2, 0.25) is 0 Å². The fourth-order valence-corrected chi connectivity index (χ4v) is 3.25. The number of phenolic OH excluding ortho intramolecular Hbond substituents is 1. The lowest BCUT2D eigenvalue weighted by molar-refractivity contribution is -0.144. The minimum atomic E-state index is -0.881. The molecule has 1 aliphatic heterocycles. The predicted molar refractivity (Wildman–Crippen MR) is 87.9 cm³/mol. The zero-order valence-electron chi connectivity index (χ0n) is 14.0. The highest BCUT2D eigenvalue weighted by molar-refractivity contribution is 5.76. The van der Waals surface area contributed by atoms with Gasteiger partial charge in [0, 0.05) is 25.7 Å². The van der Waals surface area contributed by atoms with Crippen LogP contribution in [0.1, 0.15) is 31.9 Å². The summed E-state index contributed by atoms with van der Waals surface area (Å²) in [4.78, 5) is 16.2. The van der Waals surface area contributed by atoms with E-state index in [4.69, 9.17) is 4.74 Å². The Morgan fingerprint density at radius 2 is 2.17 bits per heavy atom. The monoisotopic (exact) mass is 322 g/mol. The van der Waals surface area contributed by atoms with E-state index in [1.54, 1.807) is 12.1 Å². The van der Waals surface area contributed by atoms with E-state index < -0.39 is 12.0 Å². The first-order chi connectivity index (χ1) is 11.0. The molecule has 2 rings (SSSR count). The van der Waals surface area contributed by atoms with Gasteiger partial charge in [-0.25, -0.2) is 0 Å². The molecule has 1 aromatic carbocycles. The lowest BCUT2D eigenvalue weighted by Gasteiger charge is -2.42. The van der Waals surface area contributed by atoms with Crippen LogP contribution in [-0.4, -0.2) is 65.3 Å². The Labute approximate surface area is 137 Å². The summed E-state index contributed by atoms with van der Waals surface area (Å²) in [5.74, 6) is -0.568. The van der Waals surface area contributed by atoms with Gasteiger partial charge in [-0.15, -0.1) is 0 Å². The number of hydrogen-bond donors (Lipinski definition) is 2. The molecule has 0 spiro atoms. The fraction of sp³-hybridized carbons (Fsp3) is 0.588. The van der Waals surface area contributed by atoms with Crippen molar-refractivity contribution in [3.8, 4) is 11.5 Å². The number of nitrogens with zero attached hydrogens (tertiary/aromatic N) is 2. The Morgan fingerprint density at radius 3 is 2.74 bits per heavy atom. The smallest absolute Gasteiger partial charge is 0.325 e. The molecule has 0 amide bonds.